The molecule has 0 aliphatic carbocycles. The fourth-order valence-corrected chi connectivity index (χ4v) is 2.95. The molecule has 0 aliphatic heterocycles. The number of nitrogens with zero attached hydrogens (tertiary/aromatic N) is 3. The molecule has 0 aromatic carbocycles. The van der Waals surface area contributed by atoms with E-state index in [0.29, 0.717) is 22.9 Å². The lowest BCUT2D eigenvalue weighted by atomic mass is 10.2. The van der Waals surface area contributed by atoms with Crippen molar-refractivity contribution in [3.05, 3.63) is 27.9 Å². The fraction of sp³-hybridized carbons (Fsp3) is 0.385. The molecule has 0 aliphatic rings. The minimum absolute atomic E-state index is 0.0938. The van der Waals surface area contributed by atoms with Gasteiger partial charge in [-0.05, 0) is 26.3 Å². The van der Waals surface area contributed by atoms with Crippen LogP contribution in [0.5, 0.6) is 0 Å². The number of amides is 1. The van der Waals surface area contributed by atoms with Crippen LogP contribution in [0.15, 0.2) is 6.07 Å². The first kappa shape index (κ1) is 15.2. The Balaban J connectivity index is 2.55. The molecule has 0 unspecified atom stereocenters. The highest BCUT2D eigenvalue weighted by molar-refractivity contribution is 7.14. The standard InChI is InChI=1S/C13H16N4O3S/c1-4-8-6-9(13(19)20-5-2)12(21-8)17-7(3)10(11(14)18)15-16-17/h6H,4-5H2,1-3H3,(H2,14,18). The predicted octanol–water partition coefficient (Wildman–Crippen LogP) is 1.48. The highest BCUT2D eigenvalue weighted by Gasteiger charge is 2.22. The molecule has 0 atom stereocenters. The number of carbonyl (C=O) groups excluding carboxylic acids is 2. The zero-order chi connectivity index (χ0) is 15.6. The number of carbonyl (C=O) groups is 2. The number of rotatable bonds is 5. The van der Waals surface area contributed by atoms with E-state index < -0.39 is 11.9 Å². The van der Waals surface area contributed by atoms with E-state index in [4.69, 9.17) is 10.5 Å². The average Bonchev–Trinajstić information content (AvgIpc) is 3.02. The van der Waals surface area contributed by atoms with E-state index in [0.717, 1.165) is 11.3 Å². The number of thiophene rings is 1. The maximum absolute atomic E-state index is 12.1. The second-order valence-electron chi connectivity index (χ2n) is 4.31. The minimum atomic E-state index is -0.649. The van der Waals surface area contributed by atoms with Crippen LogP contribution in [0, 0.1) is 6.92 Å². The fourth-order valence-electron chi connectivity index (χ4n) is 1.87. The molecule has 0 saturated heterocycles. The summed E-state index contributed by atoms with van der Waals surface area (Å²) in [5.41, 5.74) is 6.25. The Bertz CT molecular complexity index is 690. The van der Waals surface area contributed by atoms with Gasteiger partial charge in [0, 0.05) is 4.88 Å². The molecule has 7 nitrogen and oxygen atoms in total. The van der Waals surface area contributed by atoms with Crippen molar-refractivity contribution in [2.45, 2.75) is 27.2 Å². The number of nitrogens with two attached hydrogens (primary N) is 1. The van der Waals surface area contributed by atoms with E-state index in [1.165, 1.54) is 16.0 Å². The van der Waals surface area contributed by atoms with Crippen molar-refractivity contribution in [2.24, 2.45) is 5.73 Å². The zero-order valence-corrected chi connectivity index (χ0v) is 12.9. The van der Waals surface area contributed by atoms with Gasteiger partial charge in [0.05, 0.1) is 17.9 Å². The van der Waals surface area contributed by atoms with Crippen molar-refractivity contribution in [3.63, 3.8) is 0 Å². The Morgan fingerprint density at radius 2 is 2.14 bits per heavy atom. The van der Waals surface area contributed by atoms with Crippen molar-refractivity contribution < 1.29 is 14.3 Å². The van der Waals surface area contributed by atoms with E-state index in [2.05, 4.69) is 10.3 Å². The Labute approximate surface area is 125 Å². The molecule has 0 bridgehead atoms. The van der Waals surface area contributed by atoms with E-state index >= 15 is 0 Å². The minimum Gasteiger partial charge on any atom is -0.462 e. The second-order valence-corrected chi connectivity index (χ2v) is 5.42. The number of ether oxygens (including phenoxy) is 1. The molecule has 112 valence electrons. The largest absolute Gasteiger partial charge is 0.462 e. The van der Waals surface area contributed by atoms with Crippen LogP contribution in [0.2, 0.25) is 0 Å². The molecule has 0 spiro atoms. The molecule has 2 N–H and O–H groups in total. The second kappa shape index (κ2) is 6.04. The number of primary amides is 1. The first-order chi connectivity index (χ1) is 9.99. The van der Waals surface area contributed by atoms with Crippen LogP contribution >= 0.6 is 11.3 Å². The van der Waals surface area contributed by atoms with E-state index in [1.807, 2.05) is 6.92 Å². The molecule has 1 amide bonds. The summed E-state index contributed by atoms with van der Waals surface area (Å²) in [5, 5.41) is 8.28. The van der Waals surface area contributed by atoms with Crippen LogP contribution in [-0.4, -0.2) is 33.5 Å². The molecule has 0 saturated carbocycles. The van der Waals surface area contributed by atoms with Gasteiger partial charge in [0.2, 0.25) is 0 Å². The maximum atomic E-state index is 12.1. The van der Waals surface area contributed by atoms with Gasteiger partial charge in [0.25, 0.3) is 5.91 Å². The molecule has 8 heteroatoms. The number of hydrogen-bond donors (Lipinski definition) is 1. The van der Waals surface area contributed by atoms with Gasteiger partial charge in [-0.3, -0.25) is 4.79 Å². The third-order valence-corrected chi connectivity index (χ3v) is 4.18. The maximum Gasteiger partial charge on any atom is 0.341 e. The van der Waals surface area contributed by atoms with Crippen LogP contribution in [0.25, 0.3) is 5.00 Å². The normalized spacial score (nSPS) is 10.6. The average molecular weight is 308 g/mol. The molecular weight excluding hydrogens is 292 g/mol. The van der Waals surface area contributed by atoms with Gasteiger partial charge in [-0.1, -0.05) is 12.1 Å². The van der Waals surface area contributed by atoms with E-state index in [1.54, 1.807) is 19.9 Å². The van der Waals surface area contributed by atoms with Gasteiger partial charge in [-0.15, -0.1) is 16.4 Å². The Hall–Kier alpha value is -2.22. The lowest BCUT2D eigenvalue weighted by Crippen LogP contribution is -2.13. The van der Waals surface area contributed by atoms with E-state index in [9.17, 15) is 9.59 Å². The molecule has 2 aromatic rings. The number of aromatic nitrogens is 3. The van der Waals surface area contributed by atoms with Gasteiger partial charge in [-0.25, -0.2) is 9.48 Å². The highest BCUT2D eigenvalue weighted by Crippen LogP contribution is 2.28. The summed E-state index contributed by atoms with van der Waals surface area (Å²) in [4.78, 5) is 24.3. The predicted molar refractivity (Wildman–Crippen MR) is 77.8 cm³/mol. The van der Waals surface area contributed by atoms with Crippen molar-refractivity contribution >= 4 is 23.2 Å². The summed E-state index contributed by atoms with van der Waals surface area (Å²) in [6, 6.07) is 1.78. The van der Waals surface area contributed by atoms with Crippen molar-refractivity contribution in [2.75, 3.05) is 6.61 Å². The van der Waals surface area contributed by atoms with E-state index in [-0.39, 0.29) is 5.69 Å². The van der Waals surface area contributed by atoms with Gasteiger partial charge in [0.1, 0.15) is 5.00 Å². The molecule has 2 heterocycles. The third-order valence-electron chi connectivity index (χ3n) is 2.93. The van der Waals surface area contributed by atoms with Crippen LogP contribution in [-0.2, 0) is 11.2 Å². The first-order valence-electron chi connectivity index (χ1n) is 6.51. The summed E-state index contributed by atoms with van der Waals surface area (Å²) in [5.74, 6) is -1.07. The summed E-state index contributed by atoms with van der Waals surface area (Å²) >= 11 is 1.41. The smallest absolute Gasteiger partial charge is 0.341 e. The molecule has 2 rings (SSSR count). The topological polar surface area (TPSA) is 100 Å². The van der Waals surface area contributed by atoms with Crippen LogP contribution in [0.4, 0.5) is 0 Å². The lowest BCUT2D eigenvalue weighted by molar-refractivity contribution is 0.0526. The summed E-state index contributed by atoms with van der Waals surface area (Å²) in [6.07, 6.45) is 0.785. The summed E-state index contributed by atoms with van der Waals surface area (Å²) in [6.45, 7) is 5.71. The monoisotopic (exact) mass is 308 g/mol. The molecule has 0 fully saturated rings. The van der Waals surface area contributed by atoms with Crippen molar-refractivity contribution in [3.8, 4) is 5.00 Å². The van der Waals surface area contributed by atoms with Gasteiger partial charge >= 0.3 is 5.97 Å². The summed E-state index contributed by atoms with van der Waals surface area (Å²) < 4.78 is 6.51. The highest BCUT2D eigenvalue weighted by atomic mass is 32.1. The van der Waals surface area contributed by atoms with Gasteiger partial charge in [-0.2, -0.15) is 0 Å². The van der Waals surface area contributed by atoms with Crippen molar-refractivity contribution in [1.82, 2.24) is 15.0 Å². The third kappa shape index (κ3) is 2.80. The quantitative estimate of drug-likeness (QED) is 0.843. The van der Waals surface area contributed by atoms with Gasteiger partial charge in [0.15, 0.2) is 5.69 Å². The number of esters is 1. The number of aryl methyl sites for hydroxylation is 1. The molecule has 21 heavy (non-hydrogen) atoms. The Morgan fingerprint density at radius 1 is 1.43 bits per heavy atom. The molecule has 0 radical (unpaired) electrons. The SMILES string of the molecule is CCOC(=O)c1cc(CC)sc1-n1nnc(C(N)=O)c1C. The Morgan fingerprint density at radius 3 is 2.67 bits per heavy atom. The first-order valence-corrected chi connectivity index (χ1v) is 7.33. The van der Waals surface area contributed by atoms with Crippen molar-refractivity contribution in [1.29, 1.82) is 0 Å². The lowest BCUT2D eigenvalue weighted by Gasteiger charge is -2.04. The van der Waals surface area contributed by atoms with Crippen LogP contribution in [0.1, 0.15) is 45.3 Å². The Kier molecular flexibility index (Phi) is 4.37. The van der Waals surface area contributed by atoms with Gasteiger partial charge < -0.3 is 10.5 Å². The summed E-state index contributed by atoms with van der Waals surface area (Å²) in [7, 11) is 0. The molecular formula is C13H16N4O3S. The van der Waals surface area contributed by atoms with Crippen LogP contribution in [0.3, 0.4) is 0 Å². The van der Waals surface area contributed by atoms with Crippen LogP contribution < -0.4 is 5.73 Å². The molecule has 2 aromatic heterocycles. The number of hydrogen-bond acceptors (Lipinski definition) is 6. The zero-order valence-electron chi connectivity index (χ0n) is 12.0.